The van der Waals surface area contributed by atoms with Gasteiger partial charge in [0.25, 0.3) is 5.89 Å². The summed E-state index contributed by atoms with van der Waals surface area (Å²) in [5.41, 5.74) is 7.81. The average Bonchev–Trinajstić information content (AvgIpc) is 2.98. The van der Waals surface area contributed by atoms with Gasteiger partial charge >= 0.3 is 0 Å². The number of hydrogen-bond donors (Lipinski definition) is 1. The van der Waals surface area contributed by atoms with Crippen molar-refractivity contribution in [1.82, 2.24) is 15.1 Å². The van der Waals surface area contributed by atoms with E-state index in [-0.39, 0.29) is 12.4 Å². The van der Waals surface area contributed by atoms with E-state index in [2.05, 4.69) is 15.1 Å². The summed E-state index contributed by atoms with van der Waals surface area (Å²) in [5, 5.41) is 4.04. The van der Waals surface area contributed by atoms with Crippen LogP contribution in [-0.4, -0.2) is 15.1 Å². The van der Waals surface area contributed by atoms with Gasteiger partial charge in [0, 0.05) is 12.4 Å². The molecule has 1 aliphatic carbocycles. The molecule has 0 radical (unpaired) electrons. The predicted molar refractivity (Wildman–Crippen MR) is 73.8 cm³/mol. The molecule has 19 heavy (non-hydrogen) atoms. The third-order valence-corrected chi connectivity index (χ3v) is 3.49. The second-order valence-electron chi connectivity index (χ2n) is 5.04. The van der Waals surface area contributed by atoms with Crippen molar-refractivity contribution < 1.29 is 4.52 Å². The van der Waals surface area contributed by atoms with Crippen LogP contribution in [0.3, 0.4) is 0 Å². The van der Waals surface area contributed by atoms with E-state index in [1.54, 1.807) is 12.4 Å². The van der Waals surface area contributed by atoms with Crippen molar-refractivity contribution in [1.29, 1.82) is 0 Å². The van der Waals surface area contributed by atoms with Gasteiger partial charge in [-0.3, -0.25) is 4.98 Å². The van der Waals surface area contributed by atoms with Gasteiger partial charge in [0.05, 0.1) is 11.1 Å². The number of pyridine rings is 1. The van der Waals surface area contributed by atoms with E-state index < -0.39 is 5.54 Å². The lowest BCUT2D eigenvalue weighted by Crippen LogP contribution is -2.34. The Kier molecular flexibility index (Phi) is 3.87. The zero-order chi connectivity index (χ0) is 12.6. The van der Waals surface area contributed by atoms with Crippen LogP contribution >= 0.6 is 12.4 Å². The molecule has 0 atom stereocenters. The molecule has 6 heteroatoms. The zero-order valence-corrected chi connectivity index (χ0v) is 11.6. The first-order chi connectivity index (χ1) is 8.67. The normalized spacial score (nSPS) is 17.2. The molecule has 0 aromatic carbocycles. The molecule has 3 rings (SSSR count). The summed E-state index contributed by atoms with van der Waals surface area (Å²) in [6.07, 6.45) is 7.64. The fourth-order valence-electron chi connectivity index (χ4n) is 2.44. The Bertz CT molecular complexity index is 563. The summed E-state index contributed by atoms with van der Waals surface area (Å²) in [6.45, 7) is 1.98. The van der Waals surface area contributed by atoms with Crippen LogP contribution < -0.4 is 5.73 Å². The summed E-state index contributed by atoms with van der Waals surface area (Å²) >= 11 is 0. The SMILES string of the molecule is Cc1cncc(-c2nc(C3(N)CCCC3)no2)c1.Cl. The van der Waals surface area contributed by atoms with Crippen LogP contribution in [0.4, 0.5) is 0 Å². The topological polar surface area (TPSA) is 77.8 Å². The summed E-state index contributed by atoms with van der Waals surface area (Å²) in [7, 11) is 0. The molecular weight excluding hydrogens is 264 g/mol. The Morgan fingerprint density at radius 3 is 2.68 bits per heavy atom. The highest BCUT2D eigenvalue weighted by atomic mass is 35.5. The molecule has 2 N–H and O–H groups in total. The van der Waals surface area contributed by atoms with Crippen LogP contribution in [0.15, 0.2) is 23.0 Å². The van der Waals surface area contributed by atoms with Crippen molar-refractivity contribution in [3.8, 4) is 11.5 Å². The number of aryl methyl sites for hydroxylation is 1. The molecule has 2 heterocycles. The Balaban J connectivity index is 0.00000133. The number of rotatable bonds is 2. The van der Waals surface area contributed by atoms with Gasteiger partial charge in [0.1, 0.15) is 0 Å². The van der Waals surface area contributed by atoms with Gasteiger partial charge < -0.3 is 10.3 Å². The molecule has 2 aromatic rings. The van der Waals surface area contributed by atoms with E-state index in [1.165, 1.54) is 0 Å². The van der Waals surface area contributed by atoms with E-state index >= 15 is 0 Å². The molecule has 1 aliphatic rings. The van der Waals surface area contributed by atoms with E-state index in [9.17, 15) is 0 Å². The minimum Gasteiger partial charge on any atom is -0.334 e. The summed E-state index contributed by atoms with van der Waals surface area (Å²) in [5.74, 6) is 1.12. The maximum atomic E-state index is 6.30. The van der Waals surface area contributed by atoms with Crippen molar-refractivity contribution in [3.05, 3.63) is 29.8 Å². The van der Waals surface area contributed by atoms with Crippen molar-refractivity contribution >= 4 is 12.4 Å². The van der Waals surface area contributed by atoms with Gasteiger partial charge in [-0.1, -0.05) is 18.0 Å². The number of halogens is 1. The zero-order valence-electron chi connectivity index (χ0n) is 10.8. The molecule has 1 fully saturated rings. The second-order valence-corrected chi connectivity index (χ2v) is 5.04. The minimum absolute atomic E-state index is 0. The van der Waals surface area contributed by atoms with Crippen molar-refractivity contribution in [2.45, 2.75) is 38.1 Å². The van der Waals surface area contributed by atoms with E-state index in [1.807, 2.05) is 13.0 Å². The van der Waals surface area contributed by atoms with Gasteiger partial charge in [-0.25, -0.2) is 0 Å². The van der Waals surface area contributed by atoms with Gasteiger partial charge in [-0.2, -0.15) is 4.98 Å². The molecule has 0 unspecified atom stereocenters. The lowest BCUT2D eigenvalue weighted by atomic mass is 9.99. The molecule has 0 aliphatic heterocycles. The van der Waals surface area contributed by atoms with Crippen LogP contribution in [-0.2, 0) is 5.54 Å². The highest BCUT2D eigenvalue weighted by Gasteiger charge is 2.36. The first kappa shape index (κ1) is 14.0. The lowest BCUT2D eigenvalue weighted by molar-refractivity contribution is 0.372. The summed E-state index contributed by atoms with van der Waals surface area (Å²) in [4.78, 5) is 8.56. The summed E-state index contributed by atoms with van der Waals surface area (Å²) in [6, 6.07) is 1.97. The van der Waals surface area contributed by atoms with Crippen molar-refractivity contribution in [2.24, 2.45) is 5.73 Å². The quantitative estimate of drug-likeness (QED) is 0.915. The van der Waals surface area contributed by atoms with Crippen LogP contribution in [0, 0.1) is 6.92 Å². The lowest BCUT2D eigenvalue weighted by Gasteiger charge is -2.17. The molecule has 0 bridgehead atoms. The van der Waals surface area contributed by atoms with Crippen LogP contribution in [0.2, 0.25) is 0 Å². The van der Waals surface area contributed by atoms with Crippen LogP contribution in [0.25, 0.3) is 11.5 Å². The van der Waals surface area contributed by atoms with E-state index in [4.69, 9.17) is 10.3 Å². The molecule has 102 valence electrons. The number of hydrogen-bond acceptors (Lipinski definition) is 5. The first-order valence-corrected chi connectivity index (χ1v) is 6.22. The fourth-order valence-corrected chi connectivity index (χ4v) is 2.44. The van der Waals surface area contributed by atoms with Crippen LogP contribution in [0.5, 0.6) is 0 Å². The standard InChI is InChI=1S/C13H16N4O.ClH/c1-9-6-10(8-15-7-9)11-16-12(17-18-11)13(14)4-2-3-5-13;/h6-8H,2-5,14H2,1H3;1H. The predicted octanol–water partition coefficient (Wildman–Crippen LogP) is 2.59. The van der Waals surface area contributed by atoms with Gasteiger partial charge in [-0.05, 0) is 31.4 Å². The Labute approximate surface area is 118 Å². The minimum atomic E-state index is -0.404. The van der Waals surface area contributed by atoms with Gasteiger partial charge in [0.2, 0.25) is 0 Å². The molecule has 0 spiro atoms. The monoisotopic (exact) mass is 280 g/mol. The number of aromatic nitrogens is 3. The average molecular weight is 281 g/mol. The Morgan fingerprint density at radius 2 is 2.00 bits per heavy atom. The van der Waals surface area contributed by atoms with Crippen molar-refractivity contribution in [2.75, 3.05) is 0 Å². The Morgan fingerprint density at radius 1 is 1.26 bits per heavy atom. The third-order valence-electron chi connectivity index (χ3n) is 3.49. The van der Waals surface area contributed by atoms with E-state index in [0.717, 1.165) is 36.8 Å². The smallest absolute Gasteiger partial charge is 0.259 e. The largest absolute Gasteiger partial charge is 0.334 e. The molecule has 1 saturated carbocycles. The molecular formula is C13H17ClN4O. The molecule has 0 saturated heterocycles. The first-order valence-electron chi connectivity index (χ1n) is 6.22. The number of nitrogens with two attached hydrogens (primary N) is 1. The van der Waals surface area contributed by atoms with E-state index in [0.29, 0.717) is 11.7 Å². The molecule has 2 aromatic heterocycles. The van der Waals surface area contributed by atoms with Crippen molar-refractivity contribution in [3.63, 3.8) is 0 Å². The van der Waals surface area contributed by atoms with Crippen LogP contribution in [0.1, 0.15) is 37.1 Å². The second kappa shape index (κ2) is 5.27. The maximum absolute atomic E-state index is 6.30. The highest BCUT2D eigenvalue weighted by molar-refractivity contribution is 5.85. The fraction of sp³-hybridized carbons (Fsp3) is 0.462. The number of nitrogens with zero attached hydrogens (tertiary/aromatic N) is 3. The third kappa shape index (κ3) is 2.62. The maximum Gasteiger partial charge on any atom is 0.259 e. The molecule has 5 nitrogen and oxygen atoms in total. The van der Waals surface area contributed by atoms with Gasteiger partial charge in [0.15, 0.2) is 5.82 Å². The summed E-state index contributed by atoms with van der Waals surface area (Å²) < 4.78 is 5.30. The Hall–Kier alpha value is -1.46. The highest BCUT2D eigenvalue weighted by Crippen LogP contribution is 2.35. The molecule has 0 amide bonds. The van der Waals surface area contributed by atoms with Gasteiger partial charge in [-0.15, -0.1) is 12.4 Å².